The number of halogens is 4. The Bertz CT molecular complexity index is 995. The smallest absolute Gasteiger partial charge is 0.416 e. The van der Waals surface area contributed by atoms with E-state index in [4.69, 9.17) is 4.74 Å². The van der Waals surface area contributed by atoms with Crippen LogP contribution in [0.1, 0.15) is 23.5 Å². The summed E-state index contributed by atoms with van der Waals surface area (Å²) in [4.78, 5) is 26.3. The van der Waals surface area contributed by atoms with Gasteiger partial charge in [-0.2, -0.15) is 13.2 Å². The van der Waals surface area contributed by atoms with Gasteiger partial charge in [0.2, 0.25) is 5.91 Å². The highest BCUT2D eigenvalue weighted by Crippen LogP contribution is 2.42. The Balaban J connectivity index is 1.77. The molecule has 1 amide bonds. The van der Waals surface area contributed by atoms with Gasteiger partial charge in [0.25, 0.3) is 0 Å². The molecule has 4 rings (SSSR count). The van der Waals surface area contributed by atoms with Gasteiger partial charge in [0, 0.05) is 12.3 Å². The molecule has 0 saturated heterocycles. The average Bonchev–Trinajstić information content (AvgIpc) is 3.02. The maximum atomic E-state index is 13.6. The largest absolute Gasteiger partial charge is 0.456 e. The van der Waals surface area contributed by atoms with E-state index in [-0.39, 0.29) is 30.0 Å². The summed E-state index contributed by atoms with van der Waals surface area (Å²) in [6.07, 6.45) is -4.62. The fourth-order valence-electron chi connectivity index (χ4n) is 3.56. The van der Waals surface area contributed by atoms with Crippen molar-refractivity contribution in [1.82, 2.24) is 0 Å². The summed E-state index contributed by atoms with van der Waals surface area (Å²) in [7, 11) is 0. The zero-order valence-electron chi connectivity index (χ0n) is 14.3. The van der Waals surface area contributed by atoms with Gasteiger partial charge < -0.3 is 4.74 Å². The molecule has 2 aromatic carbocycles. The lowest BCUT2D eigenvalue weighted by Gasteiger charge is -2.32. The number of rotatable bonds is 2. The lowest BCUT2D eigenvalue weighted by molar-refractivity contribution is -0.138. The van der Waals surface area contributed by atoms with Crippen molar-refractivity contribution in [3.05, 3.63) is 76.7 Å². The van der Waals surface area contributed by atoms with Crippen LogP contribution in [0.2, 0.25) is 0 Å². The molecule has 0 aliphatic carbocycles. The van der Waals surface area contributed by atoms with Crippen LogP contribution in [0.5, 0.6) is 0 Å². The van der Waals surface area contributed by atoms with Gasteiger partial charge in [-0.3, -0.25) is 9.69 Å². The molecule has 1 atom stereocenters. The summed E-state index contributed by atoms with van der Waals surface area (Å²) in [5.41, 5.74) is 0.358. The van der Waals surface area contributed by atoms with E-state index in [9.17, 15) is 27.2 Å². The maximum absolute atomic E-state index is 13.6. The number of nitrogens with zero attached hydrogens (tertiary/aromatic N) is 1. The fourth-order valence-corrected chi connectivity index (χ4v) is 3.56. The monoisotopic (exact) mass is 391 g/mol. The Kier molecular flexibility index (Phi) is 4.21. The number of benzene rings is 2. The van der Waals surface area contributed by atoms with E-state index in [1.54, 1.807) is 0 Å². The molecule has 8 heteroatoms. The van der Waals surface area contributed by atoms with Crippen molar-refractivity contribution in [2.45, 2.75) is 18.5 Å². The van der Waals surface area contributed by atoms with Crippen molar-refractivity contribution in [2.24, 2.45) is 0 Å². The molecule has 0 N–H and O–H groups in total. The Hall–Kier alpha value is -3.16. The second-order valence-corrected chi connectivity index (χ2v) is 6.52. The minimum atomic E-state index is -4.48. The molecular weight excluding hydrogens is 378 g/mol. The van der Waals surface area contributed by atoms with Crippen LogP contribution in [-0.4, -0.2) is 18.5 Å². The molecule has 2 aliphatic heterocycles. The summed E-state index contributed by atoms with van der Waals surface area (Å²) in [5.74, 6) is -2.28. The number of carbonyl (C=O) groups excluding carboxylic acids is 2. The number of anilines is 1. The number of esters is 1. The predicted molar refractivity (Wildman–Crippen MR) is 90.7 cm³/mol. The number of hydrogen-bond donors (Lipinski definition) is 0. The Labute approximate surface area is 157 Å². The normalized spacial score (nSPS) is 19.7. The van der Waals surface area contributed by atoms with Gasteiger partial charge in [-0.25, -0.2) is 9.18 Å². The molecule has 1 unspecified atom stereocenters. The zero-order chi connectivity index (χ0) is 20.1. The van der Waals surface area contributed by atoms with Gasteiger partial charge >= 0.3 is 12.1 Å². The zero-order valence-corrected chi connectivity index (χ0v) is 14.3. The second kappa shape index (κ2) is 6.47. The highest BCUT2D eigenvalue weighted by atomic mass is 19.4. The highest BCUT2D eigenvalue weighted by molar-refractivity contribution is 6.06. The van der Waals surface area contributed by atoms with Gasteiger partial charge in [0.15, 0.2) is 0 Å². The van der Waals surface area contributed by atoms with Gasteiger partial charge in [-0.05, 0) is 35.9 Å². The molecule has 0 aromatic heterocycles. The second-order valence-electron chi connectivity index (χ2n) is 6.52. The summed E-state index contributed by atoms with van der Waals surface area (Å²) < 4.78 is 57.1. The lowest BCUT2D eigenvalue weighted by atomic mass is 9.84. The standard InChI is InChI=1S/C20H13F4NO3/c21-13-2-1-3-14(8-13)25-16-10-28-19(27)18(16)15(9-17(25)26)11-4-6-12(7-5-11)20(22,23)24/h1-8,15H,9-10H2. The molecule has 0 bridgehead atoms. The summed E-state index contributed by atoms with van der Waals surface area (Å²) in [6, 6.07) is 9.73. The van der Waals surface area contributed by atoms with E-state index in [0.29, 0.717) is 5.56 Å². The van der Waals surface area contributed by atoms with Gasteiger partial charge in [0.05, 0.1) is 22.5 Å². The Morgan fingerprint density at radius 3 is 2.39 bits per heavy atom. The van der Waals surface area contributed by atoms with E-state index >= 15 is 0 Å². The van der Waals surface area contributed by atoms with Crippen molar-refractivity contribution in [3.63, 3.8) is 0 Å². The number of cyclic esters (lactones) is 1. The van der Waals surface area contributed by atoms with Crippen molar-refractivity contribution in [3.8, 4) is 0 Å². The van der Waals surface area contributed by atoms with Crippen LogP contribution in [-0.2, 0) is 20.5 Å². The highest BCUT2D eigenvalue weighted by Gasteiger charge is 2.43. The molecule has 28 heavy (non-hydrogen) atoms. The predicted octanol–water partition coefficient (Wildman–Crippen LogP) is 4.18. The molecule has 0 saturated carbocycles. The third kappa shape index (κ3) is 3.04. The molecule has 2 aliphatic rings. The maximum Gasteiger partial charge on any atom is 0.416 e. The SMILES string of the molecule is O=C1OCC2=C1C(c1ccc(C(F)(F)F)cc1)CC(=O)N2c1cccc(F)c1. The first kappa shape index (κ1) is 18.2. The topological polar surface area (TPSA) is 46.6 Å². The van der Waals surface area contributed by atoms with E-state index in [1.165, 1.54) is 41.3 Å². The first-order chi connectivity index (χ1) is 13.3. The minimum absolute atomic E-state index is 0.143. The van der Waals surface area contributed by atoms with Crippen LogP contribution in [0.25, 0.3) is 0 Å². The van der Waals surface area contributed by atoms with E-state index < -0.39 is 35.4 Å². The Morgan fingerprint density at radius 2 is 1.75 bits per heavy atom. The van der Waals surface area contributed by atoms with E-state index in [1.807, 2.05) is 0 Å². The van der Waals surface area contributed by atoms with Crippen LogP contribution < -0.4 is 4.90 Å². The Morgan fingerprint density at radius 1 is 1.04 bits per heavy atom. The number of carbonyl (C=O) groups is 2. The van der Waals surface area contributed by atoms with Crippen molar-refractivity contribution in [2.75, 3.05) is 11.5 Å². The van der Waals surface area contributed by atoms with Crippen LogP contribution in [0.4, 0.5) is 23.2 Å². The third-order valence-electron chi connectivity index (χ3n) is 4.82. The summed E-state index contributed by atoms with van der Waals surface area (Å²) in [5, 5.41) is 0. The van der Waals surface area contributed by atoms with Gasteiger partial charge in [-0.1, -0.05) is 18.2 Å². The van der Waals surface area contributed by atoms with Gasteiger partial charge in [-0.15, -0.1) is 0 Å². The lowest BCUT2D eigenvalue weighted by Crippen LogP contribution is -2.37. The molecular formula is C20H13F4NO3. The first-order valence-corrected chi connectivity index (χ1v) is 8.41. The fraction of sp³-hybridized carbons (Fsp3) is 0.200. The molecule has 2 heterocycles. The van der Waals surface area contributed by atoms with Gasteiger partial charge in [0.1, 0.15) is 12.4 Å². The molecule has 0 radical (unpaired) electrons. The van der Waals surface area contributed by atoms with Crippen LogP contribution >= 0.6 is 0 Å². The van der Waals surface area contributed by atoms with Crippen molar-refractivity contribution >= 4 is 17.6 Å². The summed E-state index contributed by atoms with van der Waals surface area (Å²) in [6.45, 7) is -0.159. The van der Waals surface area contributed by atoms with Crippen LogP contribution in [0.15, 0.2) is 59.8 Å². The quantitative estimate of drug-likeness (QED) is 0.570. The number of ether oxygens (including phenoxy) is 1. The number of alkyl halides is 3. The summed E-state index contributed by atoms with van der Waals surface area (Å²) >= 11 is 0. The van der Waals surface area contributed by atoms with Crippen LogP contribution in [0.3, 0.4) is 0 Å². The first-order valence-electron chi connectivity index (χ1n) is 8.41. The van der Waals surface area contributed by atoms with Crippen molar-refractivity contribution < 1.29 is 31.9 Å². The number of hydrogen-bond acceptors (Lipinski definition) is 3. The molecule has 4 nitrogen and oxygen atoms in total. The van der Waals surface area contributed by atoms with Crippen LogP contribution in [0, 0.1) is 5.82 Å². The average molecular weight is 391 g/mol. The third-order valence-corrected chi connectivity index (χ3v) is 4.82. The molecule has 144 valence electrons. The van der Waals surface area contributed by atoms with E-state index in [0.717, 1.165) is 12.1 Å². The minimum Gasteiger partial charge on any atom is -0.456 e. The molecule has 0 fully saturated rings. The molecule has 2 aromatic rings. The van der Waals surface area contributed by atoms with E-state index in [2.05, 4.69) is 0 Å². The number of amides is 1. The van der Waals surface area contributed by atoms with Crippen molar-refractivity contribution in [1.29, 1.82) is 0 Å². The molecule has 0 spiro atoms.